The molecule has 9 nitrogen and oxygen atoms in total. The Balaban J connectivity index is 1.60. The minimum atomic E-state index is -4.12. The number of aryl methyl sites for hydroxylation is 1. The molecule has 0 spiro atoms. The van der Waals surface area contributed by atoms with Crippen LogP contribution < -0.4 is 19.2 Å². The second-order valence-corrected chi connectivity index (χ2v) is 11.5. The van der Waals surface area contributed by atoms with E-state index >= 15 is 0 Å². The molecule has 0 aliphatic carbocycles. The molecule has 4 aromatic rings. The lowest BCUT2D eigenvalue weighted by atomic mass is 10.2. The number of ether oxygens (including phenoxy) is 2. The Hall–Kier alpha value is -3.99. The summed E-state index contributed by atoms with van der Waals surface area (Å²) >= 11 is 12.6. The smallest absolute Gasteiger partial charge is 0.264 e. The maximum atomic E-state index is 13.6. The molecule has 0 saturated heterocycles. The van der Waals surface area contributed by atoms with E-state index in [9.17, 15) is 13.2 Å². The maximum absolute atomic E-state index is 13.6. The van der Waals surface area contributed by atoms with Crippen LogP contribution >= 0.6 is 23.2 Å². The van der Waals surface area contributed by atoms with Crippen LogP contribution in [0.25, 0.3) is 5.69 Å². The summed E-state index contributed by atoms with van der Waals surface area (Å²) in [6.45, 7) is 3.26. The number of nitrogens with one attached hydrogen (secondary N) is 1. The lowest BCUT2D eigenvalue weighted by Gasteiger charge is -2.24. The number of hydrogen-bond acceptors (Lipinski definition) is 6. The third kappa shape index (κ3) is 6.35. The number of benzene rings is 3. The molecule has 0 aliphatic heterocycles. The van der Waals surface area contributed by atoms with Crippen LogP contribution in [-0.2, 0) is 14.8 Å². The van der Waals surface area contributed by atoms with E-state index in [1.807, 2.05) is 36.6 Å². The molecule has 0 atom stereocenters. The number of methoxy groups -OCH3 is 2. The van der Waals surface area contributed by atoms with E-state index in [2.05, 4.69) is 10.5 Å². The number of rotatable bonds is 10. The van der Waals surface area contributed by atoms with Crippen molar-refractivity contribution in [3.8, 4) is 17.2 Å². The van der Waals surface area contributed by atoms with E-state index < -0.39 is 22.5 Å². The van der Waals surface area contributed by atoms with Crippen molar-refractivity contribution in [2.75, 3.05) is 25.1 Å². The molecule has 0 bridgehead atoms. The number of carbonyl (C=O) groups excluding carboxylic acids is 1. The van der Waals surface area contributed by atoms with Crippen molar-refractivity contribution in [3.05, 3.63) is 99.8 Å². The predicted molar refractivity (Wildman–Crippen MR) is 162 cm³/mol. The Morgan fingerprint density at radius 2 is 1.68 bits per heavy atom. The van der Waals surface area contributed by atoms with Gasteiger partial charge in [-0.15, -0.1) is 0 Å². The van der Waals surface area contributed by atoms with Crippen molar-refractivity contribution < 1.29 is 22.7 Å². The van der Waals surface area contributed by atoms with Crippen molar-refractivity contribution >= 4 is 51.0 Å². The highest BCUT2D eigenvalue weighted by Gasteiger charge is 2.28. The number of nitrogens with zero attached hydrogens (tertiary/aromatic N) is 3. The van der Waals surface area contributed by atoms with Crippen molar-refractivity contribution in [1.29, 1.82) is 0 Å². The molecule has 1 N–H and O–H groups in total. The molecule has 0 aliphatic rings. The zero-order valence-electron chi connectivity index (χ0n) is 22.8. The molecule has 0 saturated carbocycles. The lowest BCUT2D eigenvalue weighted by Crippen LogP contribution is -2.39. The molecule has 214 valence electrons. The van der Waals surface area contributed by atoms with Crippen molar-refractivity contribution in [1.82, 2.24) is 9.99 Å². The number of sulfonamides is 1. The normalized spacial score (nSPS) is 11.5. The topological polar surface area (TPSA) is 102 Å². The molecule has 4 rings (SSSR count). The van der Waals surface area contributed by atoms with Gasteiger partial charge in [-0.1, -0.05) is 47.5 Å². The fourth-order valence-electron chi connectivity index (χ4n) is 4.31. The lowest BCUT2D eigenvalue weighted by molar-refractivity contribution is -0.119. The number of carbonyl (C=O) groups is 1. The molecular weight excluding hydrogens is 587 g/mol. The van der Waals surface area contributed by atoms with Gasteiger partial charge in [0.15, 0.2) is 11.5 Å². The van der Waals surface area contributed by atoms with Crippen LogP contribution in [-0.4, -0.2) is 45.9 Å². The number of hydrazone groups is 1. The fraction of sp³-hybridized carbons (Fsp3) is 0.172. The van der Waals surface area contributed by atoms with E-state index in [0.29, 0.717) is 21.5 Å². The summed E-state index contributed by atoms with van der Waals surface area (Å²) in [7, 11) is -1.21. The van der Waals surface area contributed by atoms with Gasteiger partial charge in [0.1, 0.15) is 6.54 Å². The minimum absolute atomic E-state index is 0.0261. The summed E-state index contributed by atoms with van der Waals surface area (Å²) in [6, 6.07) is 19.7. The molecule has 41 heavy (non-hydrogen) atoms. The summed E-state index contributed by atoms with van der Waals surface area (Å²) in [6.07, 6.45) is 1.49. The summed E-state index contributed by atoms with van der Waals surface area (Å²) in [5.74, 6) is 0.0770. The van der Waals surface area contributed by atoms with Crippen LogP contribution in [0.2, 0.25) is 10.0 Å². The largest absolute Gasteiger partial charge is 0.493 e. The molecule has 12 heteroatoms. The van der Waals surface area contributed by atoms with Gasteiger partial charge < -0.3 is 14.0 Å². The fourth-order valence-corrected chi connectivity index (χ4v) is 6.12. The van der Waals surface area contributed by atoms with Gasteiger partial charge in [0.25, 0.3) is 15.9 Å². The van der Waals surface area contributed by atoms with Gasteiger partial charge in [-0.25, -0.2) is 13.8 Å². The molecule has 0 radical (unpaired) electrons. The van der Waals surface area contributed by atoms with Crippen molar-refractivity contribution in [2.45, 2.75) is 18.7 Å². The average Bonchev–Trinajstić information content (AvgIpc) is 3.25. The summed E-state index contributed by atoms with van der Waals surface area (Å²) in [5.41, 5.74) is 5.80. The second-order valence-electron chi connectivity index (χ2n) is 8.89. The van der Waals surface area contributed by atoms with E-state index in [1.165, 1.54) is 44.7 Å². The highest BCUT2D eigenvalue weighted by Crippen LogP contribution is 2.34. The van der Waals surface area contributed by atoms with Gasteiger partial charge in [0.05, 0.1) is 46.7 Å². The monoisotopic (exact) mass is 614 g/mol. The van der Waals surface area contributed by atoms with Crippen molar-refractivity contribution in [3.63, 3.8) is 0 Å². The van der Waals surface area contributed by atoms with Gasteiger partial charge in [-0.05, 0) is 56.3 Å². The van der Waals surface area contributed by atoms with Gasteiger partial charge >= 0.3 is 0 Å². The van der Waals surface area contributed by atoms with Crippen molar-refractivity contribution in [2.24, 2.45) is 5.10 Å². The Kier molecular flexibility index (Phi) is 9.27. The van der Waals surface area contributed by atoms with Crippen LogP contribution in [0.3, 0.4) is 0 Å². The molecular formula is C29H28Cl2N4O5S. The number of aromatic nitrogens is 1. The number of anilines is 1. The third-order valence-electron chi connectivity index (χ3n) is 6.31. The Morgan fingerprint density at radius 1 is 0.976 bits per heavy atom. The molecule has 0 fully saturated rings. The SMILES string of the molecule is COc1ccc(N(CC(=O)N/N=C\c2cc(C)n(-c3cccc(Cl)c3Cl)c2C)S(=O)(=O)c2ccccc2)cc1OC. The first-order valence-corrected chi connectivity index (χ1v) is 14.5. The van der Waals surface area contributed by atoms with E-state index in [-0.39, 0.29) is 10.6 Å². The molecule has 1 heterocycles. The zero-order valence-corrected chi connectivity index (χ0v) is 25.1. The van der Waals surface area contributed by atoms with Gasteiger partial charge in [0.2, 0.25) is 0 Å². The maximum Gasteiger partial charge on any atom is 0.264 e. The van der Waals surface area contributed by atoms with Gasteiger partial charge in [-0.2, -0.15) is 5.10 Å². The highest BCUT2D eigenvalue weighted by atomic mass is 35.5. The molecule has 1 aromatic heterocycles. The standard InChI is InChI=1S/C29H28Cl2N4O5S/c1-19-15-21(20(2)35(19)25-12-8-11-24(30)29(25)31)17-32-33-28(36)18-34(41(37,38)23-9-6-5-7-10-23)22-13-14-26(39-3)27(16-22)40-4/h5-17H,18H2,1-4H3,(H,33,36)/b32-17-. The number of hydrogen-bond donors (Lipinski definition) is 1. The van der Waals surface area contributed by atoms with E-state index in [1.54, 1.807) is 30.3 Å². The van der Waals surface area contributed by atoms with Crippen LogP contribution in [0.5, 0.6) is 11.5 Å². The summed E-state index contributed by atoms with van der Waals surface area (Å²) in [5, 5.41) is 4.94. The quantitative estimate of drug-likeness (QED) is 0.181. The molecule has 1 amide bonds. The number of halogens is 2. The Bertz CT molecular complexity index is 1710. The summed E-state index contributed by atoms with van der Waals surface area (Å²) in [4.78, 5) is 13.0. The highest BCUT2D eigenvalue weighted by molar-refractivity contribution is 7.92. The molecule has 3 aromatic carbocycles. The Morgan fingerprint density at radius 3 is 2.37 bits per heavy atom. The van der Waals surface area contributed by atoms with Crippen LogP contribution in [0.1, 0.15) is 17.0 Å². The third-order valence-corrected chi connectivity index (χ3v) is 8.91. The molecule has 0 unspecified atom stereocenters. The van der Waals surface area contributed by atoms with Crippen LogP contribution in [0.15, 0.2) is 82.8 Å². The average molecular weight is 616 g/mol. The van der Waals surface area contributed by atoms with Crippen LogP contribution in [0.4, 0.5) is 5.69 Å². The minimum Gasteiger partial charge on any atom is -0.493 e. The first-order chi connectivity index (χ1) is 19.6. The van der Waals surface area contributed by atoms with Gasteiger partial charge in [-0.3, -0.25) is 9.10 Å². The van der Waals surface area contributed by atoms with Crippen LogP contribution in [0, 0.1) is 13.8 Å². The Labute approximate surface area is 249 Å². The summed E-state index contributed by atoms with van der Waals surface area (Å²) < 4.78 is 40.7. The van der Waals surface area contributed by atoms with E-state index in [4.69, 9.17) is 32.7 Å². The first-order valence-electron chi connectivity index (χ1n) is 12.3. The predicted octanol–water partition coefficient (Wildman–Crippen LogP) is 5.76. The second kappa shape index (κ2) is 12.7. The van der Waals surface area contributed by atoms with E-state index in [0.717, 1.165) is 26.9 Å². The zero-order chi connectivity index (χ0) is 29.7. The first kappa shape index (κ1) is 30.0. The number of amides is 1. The van der Waals surface area contributed by atoms with Gasteiger partial charge in [0, 0.05) is 23.0 Å².